The molecule has 0 amide bonds. The van der Waals surface area contributed by atoms with Crippen LogP contribution in [-0.2, 0) is 0 Å². The molecule has 2 unspecified atom stereocenters. The Kier molecular flexibility index (Phi) is 1.90. The van der Waals surface area contributed by atoms with Gasteiger partial charge in [-0.1, -0.05) is 11.6 Å². The van der Waals surface area contributed by atoms with Crippen molar-refractivity contribution in [3.05, 3.63) is 47.0 Å². The van der Waals surface area contributed by atoms with Crippen molar-refractivity contribution < 1.29 is 0 Å². The molecule has 2 aromatic rings. The summed E-state index contributed by atoms with van der Waals surface area (Å²) < 4.78 is 0.766. The molecule has 96 valence electrons. The summed E-state index contributed by atoms with van der Waals surface area (Å²) in [6.07, 6.45) is 0.426. The van der Waals surface area contributed by atoms with Crippen LogP contribution < -0.4 is 15.3 Å². The molecule has 19 heavy (non-hydrogen) atoms. The molecule has 2 N–H and O–H groups in total. The van der Waals surface area contributed by atoms with Crippen LogP contribution in [0.4, 0.5) is 22.7 Å². The maximum Gasteiger partial charge on any atom is 0.237 e. The van der Waals surface area contributed by atoms with E-state index in [4.69, 9.17) is 17.3 Å². The fourth-order valence-corrected chi connectivity index (χ4v) is 3.70. The van der Waals surface area contributed by atoms with Crippen molar-refractivity contribution in [3.63, 3.8) is 0 Å². The van der Waals surface area contributed by atoms with E-state index >= 15 is 0 Å². The highest BCUT2D eigenvalue weighted by Gasteiger charge is 2.75. The third-order valence-corrected chi connectivity index (χ3v) is 4.43. The molecule has 2 aromatic carbocycles. The fraction of sp³-hybridized carbons (Fsp3) is 0.200. The van der Waals surface area contributed by atoms with E-state index in [1.807, 2.05) is 12.1 Å². The average Bonchev–Trinajstić information content (AvgIpc) is 2.86. The van der Waals surface area contributed by atoms with Gasteiger partial charge in [-0.25, -0.2) is 0 Å². The summed E-state index contributed by atoms with van der Waals surface area (Å²) >= 11 is 6.21. The fourth-order valence-electron chi connectivity index (χ4n) is 3.42. The number of rotatable bonds is 1. The highest BCUT2D eigenvalue weighted by atomic mass is 35.5. The Labute approximate surface area is 117 Å². The van der Waals surface area contributed by atoms with Gasteiger partial charge in [0.1, 0.15) is 0 Å². The minimum Gasteiger partial charge on any atom is -0.399 e. The van der Waals surface area contributed by atoms with Crippen molar-refractivity contribution in [2.75, 3.05) is 10.7 Å². The Hall–Kier alpha value is -1.71. The van der Waals surface area contributed by atoms with E-state index in [1.54, 1.807) is 0 Å². The lowest BCUT2D eigenvalue weighted by atomic mass is 10.1. The Morgan fingerprint density at radius 1 is 1.21 bits per heavy atom. The number of nitrogens with zero attached hydrogens (tertiary/aromatic N) is 2. The van der Waals surface area contributed by atoms with Gasteiger partial charge >= 0.3 is 0 Å². The maximum atomic E-state index is 6.21. The lowest BCUT2D eigenvalue weighted by Gasteiger charge is -2.28. The van der Waals surface area contributed by atoms with Gasteiger partial charge in [0.25, 0.3) is 0 Å². The Bertz CT molecular complexity index is 692. The molecular weight excluding hydrogens is 258 g/mol. The van der Waals surface area contributed by atoms with Crippen LogP contribution in [-0.4, -0.2) is 6.17 Å². The van der Waals surface area contributed by atoms with E-state index in [1.165, 1.54) is 22.6 Å². The van der Waals surface area contributed by atoms with Gasteiger partial charge in [-0.3, -0.25) is 0 Å². The maximum absolute atomic E-state index is 6.21. The summed E-state index contributed by atoms with van der Waals surface area (Å²) in [6, 6.07) is 12.4. The second-order valence-corrected chi connectivity index (χ2v) is 5.83. The Morgan fingerprint density at radius 2 is 2.00 bits per heavy atom. The van der Waals surface area contributed by atoms with E-state index in [-0.39, 0.29) is 0 Å². The molecular formula is C15H15ClN3+. The third kappa shape index (κ3) is 1.17. The van der Waals surface area contributed by atoms with Crippen LogP contribution in [0.3, 0.4) is 0 Å². The number of aryl methyl sites for hydroxylation is 1. The molecule has 0 spiro atoms. The van der Waals surface area contributed by atoms with Crippen molar-refractivity contribution in [2.24, 2.45) is 0 Å². The quantitative estimate of drug-likeness (QED) is 0.484. The van der Waals surface area contributed by atoms with Crippen LogP contribution >= 0.6 is 11.6 Å². The summed E-state index contributed by atoms with van der Waals surface area (Å²) in [4.78, 5) is 0. The van der Waals surface area contributed by atoms with Gasteiger partial charge in [-0.15, -0.1) is 9.60 Å². The zero-order chi connectivity index (χ0) is 13.4. The van der Waals surface area contributed by atoms with Crippen LogP contribution in [0, 0.1) is 6.92 Å². The monoisotopic (exact) mass is 272 g/mol. The lowest BCUT2D eigenvalue weighted by Crippen LogP contribution is -2.34. The SMILES string of the molecule is Cc1cc(Cl)cc([N+]23c4cc(N)ccc4N2C3C)c1. The van der Waals surface area contributed by atoms with E-state index < -0.39 is 0 Å². The second-order valence-electron chi connectivity index (χ2n) is 5.40. The number of halogens is 1. The first kappa shape index (κ1) is 11.1. The Morgan fingerprint density at radius 3 is 2.74 bits per heavy atom. The largest absolute Gasteiger partial charge is 0.399 e. The predicted molar refractivity (Wildman–Crippen MR) is 80.4 cm³/mol. The molecule has 4 rings (SSSR count). The summed E-state index contributed by atoms with van der Waals surface area (Å²) in [5.74, 6) is 0. The van der Waals surface area contributed by atoms with E-state index in [2.05, 4.69) is 43.1 Å². The van der Waals surface area contributed by atoms with E-state index in [9.17, 15) is 0 Å². The molecule has 0 bridgehead atoms. The smallest absolute Gasteiger partial charge is 0.237 e. The first-order valence-corrected chi connectivity index (χ1v) is 6.79. The number of nitrogens with two attached hydrogens (primary N) is 1. The van der Waals surface area contributed by atoms with Crippen LogP contribution in [0.15, 0.2) is 36.4 Å². The molecule has 2 aliphatic heterocycles. The van der Waals surface area contributed by atoms with Crippen LogP contribution in [0.1, 0.15) is 12.5 Å². The summed E-state index contributed by atoms with van der Waals surface area (Å²) in [6.45, 7) is 4.30. The standard InChI is InChI=1S/C15H15ClN3/c1-9-5-11(16)7-13(6-9)19-10(2)18(19)14-4-3-12(17)8-15(14)19/h3-8,10H,17H2,1-2H3/q+1. The normalized spacial score (nSPS) is 26.5. The zero-order valence-corrected chi connectivity index (χ0v) is 11.6. The summed E-state index contributed by atoms with van der Waals surface area (Å²) in [7, 11) is 0. The van der Waals surface area contributed by atoms with Gasteiger partial charge in [0.15, 0.2) is 17.1 Å². The zero-order valence-electron chi connectivity index (χ0n) is 10.9. The molecule has 3 nitrogen and oxygen atoms in total. The van der Waals surface area contributed by atoms with Crippen LogP contribution in [0.5, 0.6) is 0 Å². The predicted octanol–water partition coefficient (Wildman–Crippen LogP) is 3.96. The molecule has 1 saturated heterocycles. The number of quaternary nitrogens is 1. The van der Waals surface area contributed by atoms with Crippen molar-refractivity contribution in [2.45, 2.75) is 20.0 Å². The minimum absolute atomic E-state index is 0.426. The molecule has 4 heteroatoms. The lowest BCUT2D eigenvalue weighted by molar-refractivity contribution is 0.639. The second kappa shape index (κ2) is 3.24. The van der Waals surface area contributed by atoms with Crippen molar-refractivity contribution in [1.82, 2.24) is 4.59 Å². The third-order valence-electron chi connectivity index (χ3n) is 4.21. The number of nitrogen functional groups attached to an aromatic ring is 1. The number of anilines is 2. The Balaban J connectivity index is 1.92. The number of hydrogen-bond donors (Lipinski definition) is 1. The first-order chi connectivity index (χ1) is 9.05. The first-order valence-electron chi connectivity index (χ1n) is 6.41. The molecule has 0 radical (unpaired) electrons. The minimum atomic E-state index is 0.426. The molecule has 2 atom stereocenters. The average molecular weight is 273 g/mol. The van der Waals surface area contributed by atoms with Crippen molar-refractivity contribution in [1.29, 1.82) is 0 Å². The van der Waals surface area contributed by atoms with Gasteiger partial charge < -0.3 is 5.73 Å². The van der Waals surface area contributed by atoms with Crippen molar-refractivity contribution >= 4 is 34.4 Å². The van der Waals surface area contributed by atoms with Gasteiger partial charge in [0.2, 0.25) is 6.17 Å². The van der Waals surface area contributed by atoms with Gasteiger partial charge in [-0.05, 0) is 30.7 Å². The van der Waals surface area contributed by atoms with Crippen LogP contribution in [0.25, 0.3) is 0 Å². The molecule has 0 saturated carbocycles. The molecule has 2 aliphatic rings. The molecule has 0 aromatic heterocycles. The number of benzene rings is 2. The molecule has 1 fully saturated rings. The van der Waals surface area contributed by atoms with E-state index in [0.29, 0.717) is 6.17 Å². The highest BCUT2D eigenvalue weighted by Crippen LogP contribution is 2.66. The van der Waals surface area contributed by atoms with E-state index in [0.717, 1.165) is 15.3 Å². The van der Waals surface area contributed by atoms with Gasteiger partial charge in [0.05, 0.1) is 0 Å². The number of fused-ring (bicyclic) bond motifs is 4. The topological polar surface area (TPSA) is 29.0 Å². The van der Waals surface area contributed by atoms with Gasteiger partial charge in [-0.2, -0.15) is 0 Å². The van der Waals surface area contributed by atoms with Crippen molar-refractivity contribution in [3.8, 4) is 0 Å². The highest BCUT2D eigenvalue weighted by molar-refractivity contribution is 6.31. The summed E-state index contributed by atoms with van der Waals surface area (Å²) in [5, 5.41) is 3.17. The molecule has 2 heterocycles. The van der Waals surface area contributed by atoms with Crippen LogP contribution in [0.2, 0.25) is 5.02 Å². The van der Waals surface area contributed by atoms with Gasteiger partial charge in [0, 0.05) is 35.8 Å². The number of hydrogen-bond acceptors (Lipinski definition) is 2. The summed E-state index contributed by atoms with van der Waals surface area (Å²) in [5.41, 5.74) is 11.7. The molecule has 0 aliphatic carbocycles.